The zero-order chi connectivity index (χ0) is 11.2. The van der Waals surface area contributed by atoms with Crippen LogP contribution in [0.15, 0.2) is 24.8 Å². The molecule has 2 aromatic heterocycles. The number of rotatable bonds is 6. The summed E-state index contributed by atoms with van der Waals surface area (Å²) < 4.78 is 3.89. The average Bonchev–Trinajstić information content (AvgIpc) is 2.94. The van der Waals surface area contributed by atoms with Crippen molar-refractivity contribution < 1.29 is 0 Å². The van der Waals surface area contributed by atoms with E-state index in [-0.39, 0.29) is 0 Å². The van der Waals surface area contributed by atoms with E-state index in [0.717, 1.165) is 32.0 Å². The van der Waals surface area contributed by atoms with Crippen molar-refractivity contribution in [3.8, 4) is 0 Å². The largest absolute Gasteiger partial charge is 0.356 e. The third-order valence-corrected chi connectivity index (χ3v) is 2.29. The zero-order valence-electron chi connectivity index (χ0n) is 9.37. The molecule has 2 heterocycles. The first-order chi connectivity index (χ1) is 7.90. The van der Waals surface area contributed by atoms with Gasteiger partial charge in [-0.2, -0.15) is 0 Å². The Labute approximate surface area is 94.3 Å². The maximum atomic E-state index is 4.26. The molecule has 0 atom stereocenters. The van der Waals surface area contributed by atoms with Crippen LogP contribution in [-0.4, -0.2) is 31.1 Å². The number of aryl methyl sites for hydroxylation is 2. The van der Waals surface area contributed by atoms with Crippen molar-refractivity contribution in [3.63, 3.8) is 0 Å². The first-order valence-electron chi connectivity index (χ1n) is 5.49. The van der Waals surface area contributed by atoms with E-state index in [1.807, 2.05) is 17.1 Å². The van der Waals surface area contributed by atoms with E-state index in [0.29, 0.717) is 0 Å². The van der Waals surface area contributed by atoms with Gasteiger partial charge in [0.05, 0.1) is 12.7 Å². The van der Waals surface area contributed by atoms with Crippen molar-refractivity contribution in [2.24, 2.45) is 0 Å². The van der Waals surface area contributed by atoms with Gasteiger partial charge in [-0.15, -0.1) is 5.10 Å². The number of nitrogens with one attached hydrogen (secondary N) is 1. The van der Waals surface area contributed by atoms with Gasteiger partial charge in [-0.1, -0.05) is 12.1 Å². The van der Waals surface area contributed by atoms with Gasteiger partial charge in [-0.05, 0) is 6.42 Å². The lowest BCUT2D eigenvalue weighted by Crippen LogP contribution is -2.12. The molecule has 0 amide bonds. The van der Waals surface area contributed by atoms with Crippen LogP contribution in [0.4, 0.5) is 5.95 Å². The molecule has 0 unspecified atom stereocenters. The summed E-state index contributed by atoms with van der Waals surface area (Å²) in [5.41, 5.74) is 0. The van der Waals surface area contributed by atoms with Crippen LogP contribution in [0.2, 0.25) is 0 Å². The Balaban J connectivity index is 1.91. The van der Waals surface area contributed by atoms with Crippen molar-refractivity contribution >= 4 is 5.95 Å². The summed E-state index contributed by atoms with van der Waals surface area (Å²) in [5.74, 6) is 0.918. The lowest BCUT2D eigenvalue weighted by molar-refractivity contribution is 0.521. The Morgan fingerprint density at radius 3 is 2.94 bits per heavy atom. The first kappa shape index (κ1) is 10.7. The van der Waals surface area contributed by atoms with Crippen LogP contribution in [0.1, 0.15) is 13.3 Å². The minimum absolute atomic E-state index is 0.803. The molecule has 16 heavy (non-hydrogen) atoms. The van der Waals surface area contributed by atoms with Gasteiger partial charge in [0.2, 0.25) is 5.95 Å². The summed E-state index contributed by atoms with van der Waals surface area (Å²) in [4.78, 5) is 4.26. The molecule has 0 aromatic carbocycles. The van der Waals surface area contributed by atoms with Crippen LogP contribution in [0.3, 0.4) is 0 Å². The summed E-state index contributed by atoms with van der Waals surface area (Å²) in [6, 6.07) is 0. The normalized spacial score (nSPS) is 10.6. The number of aromatic nitrogens is 5. The topological polar surface area (TPSA) is 60.6 Å². The van der Waals surface area contributed by atoms with Crippen molar-refractivity contribution in [1.82, 2.24) is 24.5 Å². The molecule has 0 aliphatic rings. The predicted molar refractivity (Wildman–Crippen MR) is 61.0 cm³/mol. The van der Waals surface area contributed by atoms with Crippen LogP contribution >= 0.6 is 0 Å². The fourth-order valence-corrected chi connectivity index (χ4v) is 1.46. The highest BCUT2D eigenvalue weighted by atomic mass is 15.4. The van der Waals surface area contributed by atoms with Crippen LogP contribution in [0.25, 0.3) is 0 Å². The van der Waals surface area contributed by atoms with Gasteiger partial charge in [0, 0.05) is 31.7 Å². The van der Waals surface area contributed by atoms with Gasteiger partial charge in [0.1, 0.15) is 0 Å². The quantitative estimate of drug-likeness (QED) is 0.789. The number of nitrogens with zero attached hydrogens (tertiary/aromatic N) is 5. The molecule has 1 N–H and O–H groups in total. The minimum Gasteiger partial charge on any atom is -0.356 e. The van der Waals surface area contributed by atoms with Crippen LogP contribution < -0.4 is 5.32 Å². The zero-order valence-corrected chi connectivity index (χ0v) is 9.37. The molecule has 0 aliphatic heterocycles. The lowest BCUT2D eigenvalue weighted by atomic mass is 10.5. The van der Waals surface area contributed by atoms with Gasteiger partial charge in [0.25, 0.3) is 0 Å². The molecule has 0 fully saturated rings. The van der Waals surface area contributed by atoms with E-state index in [1.54, 1.807) is 12.4 Å². The van der Waals surface area contributed by atoms with Gasteiger partial charge in [0.15, 0.2) is 0 Å². The van der Waals surface area contributed by atoms with Gasteiger partial charge in [-0.25, -0.2) is 4.98 Å². The molecule has 2 rings (SSSR count). The van der Waals surface area contributed by atoms with Crippen LogP contribution in [0, 0.1) is 0 Å². The van der Waals surface area contributed by atoms with E-state index in [4.69, 9.17) is 0 Å². The Morgan fingerprint density at radius 1 is 1.25 bits per heavy atom. The lowest BCUT2D eigenvalue weighted by Gasteiger charge is -2.08. The van der Waals surface area contributed by atoms with Gasteiger partial charge in [-0.3, -0.25) is 4.68 Å². The minimum atomic E-state index is 0.803. The number of hydrogen-bond donors (Lipinski definition) is 1. The third kappa shape index (κ3) is 2.59. The highest BCUT2D eigenvalue weighted by Gasteiger charge is 2.01. The molecule has 6 heteroatoms. The molecule has 0 spiro atoms. The predicted octanol–water partition coefficient (Wildman–Crippen LogP) is 0.997. The summed E-state index contributed by atoms with van der Waals surface area (Å²) in [5, 5.41) is 11.0. The molecule has 0 saturated heterocycles. The summed E-state index contributed by atoms with van der Waals surface area (Å²) in [6.45, 7) is 4.72. The van der Waals surface area contributed by atoms with E-state index < -0.39 is 0 Å². The highest BCUT2D eigenvalue weighted by Crippen LogP contribution is 2.04. The molecule has 0 saturated carbocycles. The maximum absolute atomic E-state index is 4.26. The molecule has 2 aromatic rings. The van der Waals surface area contributed by atoms with E-state index in [2.05, 4.69) is 32.1 Å². The molecule has 0 radical (unpaired) electrons. The molecule has 86 valence electrons. The average molecular weight is 220 g/mol. The highest BCUT2D eigenvalue weighted by molar-refractivity contribution is 5.25. The first-order valence-corrected chi connectivity index (χ1v) is 5.49. The van der Waals surface area contributed by atoms with E-state index in [1.165, 1.54) is 0 Å². The van der Waals surface area contributed by atoms with Crippen molar-refractivity contribution in [2.45, 2.75) is 26.4 Å². The number of hydrogen-bond acceptors (Lipinski definition) is 4. The summed E-state index contributed by atoms with van der Waals surface area (Å²) in [7, 11) is 0. The Bertz CT molecular complexity index is 405. The monoisotopic (exact) mass is 220 g/mol. The fraction of sp³-hybridized carbons (Fsp3) is 0.500. The van der Waals surface area contributed by atoms with Crippen molar-refractivity contribution in [3.05, 3.63) is 24.8 Å². The summed E-state index contributed by atoms with van der Waals surface area (Å²) in [6.07, 6.45) is 8.41. The standard InChI is InChI=1S/C10H16N6/c1-2-3-11-10-12-4-6-15(10)8-9-16-7-5-13-14-16/h4-7H,2-3,8-9H2,1H3,(H,11,12). The van der Waals surface area contributed by atoms with Gasteiger partial charge < -0.3 is 9.88 Å². The fourth-order valence-electron chi connectivity index (χ4n) is 1.46. The second-order valence-corrected chi connectivity index (χ2v) is 3.54. The molecule has 0 aliphatic carbocycles. The van der Waals surface area contributed by atoms with Crippen LogP contribution in [-0.2, 0) is 13.1 Å². The second kappa shape index (κ2) is 5.29. The Kier molecular flexibility index (Phi) is 3.53. The third-order valence-electron chi connectivity index (χ3n) is 2.29. The molecular formula is C10H16N6. The molecule has 0 bridgehead atoms. The Hall–Kier alpha value is -1.85. The van der Waals surface area contributed by atoms with E-state index in [9.17, 15) is 0 Å². The Morgan fingerprint density at radius 2 is 2.19 bits per heavy atom. The molecule has 6 nitrogen and oxygen atoms in total. The van der Waals surface area contributed by atoms with Crippen LogP contribution in [0.5, 0.6) is 0 Å². The molecular weight excluding hydrogens is 204 g/mol. The summed E-state index contributed by atoms with van der Waals surface area (Å²) >= 11 is 0. The number of imidazole rings is 1. The second-order valence-electron chi connectivity index (χ2n) is 3.54. The number of anilines is 1. The van der Waals surface area contributed by atoms with Crippen molar-refractivity contribution in [2.75, 3.05) is 11.9 Å². The SMILES string of the molecule is CCCNc1nccn1CCn1ccnn1. The van der Waals surface area contributed by atoms with Gasteiger partial charge >= 0.3 is 0 Å². The maximum Gasteiger partial charge on any atom is 0.202 e. The van der Waals surface area contributed by atoms with E-state index >= 15 is 0 Å². The smallest absolute Gasteiger partial charge is 0.202 e. The van der Waals surface area contributed by atoms with Crippen molar-refractivity contribution in [1.29, 1.82) is 0 Å².